The number of anilines is 1. The van der Waals surface area contributed by atoms with Crippen LogP contribution in [0.25, 0.3) is 0 Å². The minimum atomic E-state index is -4.34. The lowest BCUT2D eigenvalue weighted by molar-refractivity contribution is 0.483. The summed E-state index contributed by atoms with van der Waals surface area (Å²) in [5.41, 5.74) is 1.58. The van der Waals surface area contributed by atoms with Gasteiger partial charge in [0.15, 0.2) is 5.11 Å². The lowest BCUT2D eigenvalue weighted by atomic mass is 10.0. The van der Waals surface area contributed by atoms with Crippen LogP contribution in [-0.4, -0.2) is 23.6 Å². The van der Waals surface area contributed by atoms with Crippen molar-refractivity contribution in [2.24, 2.45) is 0 Å². The van der Waals surface area contributed by atoms with Crippen molar-refractivity contribution in [1.82, 2.24) is 5.32 Å². The highest BCUT2D eigenvalue weighted by atomic mass is 32.2. The van der Waals surface area contributed by atoms with Crippen molar-refractivity contribution in [2.45, 2.75) is 38.1 Å². The zero-order valence-corrected chi connectivity index (χ0v) is 14.0. The largest absolute Gasteiger partial charge is 0.354 e. The molecule has 0 saturated carbocycles. The second-order valence-electron chi connectivity index (χ2n) is 5.72. The zero-order valence-electron chi connectivity index (χ0n) is 12.3. The quantitative estimate of drug-likeness (QED) is 0.643. The van der Waals surface area contributed by atoms with Crippen LogP contribution in [0.15, 0.2) is 34.9 Å². The number of rotatable bonds is 2. The topological polar surface area (TPSA) is 69.6 Å². The first kappa shape index (κ1) is 15.9. The van der Waals surface area contributed by atoms with E-state index < -0.39 is 10.1 Å². The van der Waals surface area contributed by atoms with Crippen molar-refractivity contribution < 1.29 is 13.0 Å². The molecule has 1 aliphatic heterocycles. The fourth-order valence-electron chi connectivity index (χ4n) is 2.43. The van der Waals surface area contributed by atoms with Gasteiger partial charge in [-0.2, -0.15) is 8.42 Å². The maximum absolute atomic E-state index is 11.6. The Kier molecular flexibility index (Phi) is 3.86. The lowest BCUT2D eigenvalue weighted by Crippen LogP contribution is -2.53. The number of hydrogen-bond acceptors (Lipinski definition) is 3. The highest BCUT2D eigenvalue weighted by Gasteiger charge is 2.30. The molecule has 0 radical (unpaired) electrons. The monoisotopic (exact) mass is 326 g/mol. The molecule has 1 heterocycles. The van der Waals surface area contributed by atoms with E-state index in [0.29, 0.717) is 10.8 Å². The molecule has 0 fully saturated rings. The molecular weight excluding hydrogens is 308 g/mol. The first-order valence-electron chi connectivity index (χ1n) is 6.41. The molecule has 5 nitrogen and oxygen atoms in total. The highest BCUT2D eigenvalue weighted by Crippen LogP contribution is 2.32. The molecular formula is C14H18N2O3S2. The van der Waals surface area contributed by atoms with Crippen molar-refractivity contribution in [3.05, 3.63) is 35.5 Å². The molecule has 0 atom stereocenters. The van der Waals surface area contributed by atoms with Gasteiger partial charge >= 0.3 is 0 Å². The van der Waals surface area contributed by atoms with Crippen molar-refractivity contribution in [1.29, 1.82) is 0 Å². The van der Waals surface area contributed by atoms with Crippen LogP contribution >= 0.6 is 12.2 Å². The number of nitrogens with zero attached hydrogens (tertiary/aromatic N) is 1. The van der Waals surface area contributed by atoms with Crippen LogP contribution in [0, 0.1) is 6.92 Å². The van der Waals surface area contributed by atoms with Crippen molar-refractivity contribution in [2.75, 3.05) is 4.90 Å². The molecule has 0 amide bonds. The fourth-order valence-corrected chi connectivity index (χ4v) is 3.69. The second-order valence-corrected chi connectivity index (χ2v) is 7.50. The number of allylic oxidation sites excluding steroid dienone is 1. The van der Waals surface area contributed by atoms with Gasteiger partial charge in [-0.1, -0.05) is 6.07 Å². The van der Waals surface area contributed by atoms with E-state index in [0.717, 1.165) is 11.3 Å². The van der Waals surface area contributed by atoms with E-state index in [1.807, 2.05) is 26.8 Å². The van der Waals surface area contributed by atoms with E-state index in [1.54, 1.807) is 24.0 Å². The molecule has 1 aromatic carbocycles. The van der Waals surface area contributed by atoms with Gasteiger partial charge in [0.2, 0.25) is 0 Å². The summed E-state index contributed by atoms with van der Waals surface area (Å²) in [5, 5.41) is 3.53. The van der Waals surface area contributed by atoms with Gasteiger partial charge in [0, 0.05) is 5.70 Å². The molecule has 0 saturated heterocycles. The summed E-state index contributed by atoms with van der Waals surface area (Å²) in [7, 11) is -4.34. The Morgan fingerprint density at radius 3 is 2.43 bits per heavy atom. The van der Waals surface area contributed by atoms with E-state index >= 15 is 0 Å². The first-order chi connectivity index (χ1) is 9.51. The molecule has 1 aromatic rings. The number of thiocarbonyl (C=S) groups is 1. The van der Waals surface area contributed by atoms with Crippen molar-refractivity contribution in [3.63, 3.8) is 0 Å². The summed E-state index contributed by atoms with van der Waals surface area (Å²) in [6.07, 6.45) is 1.95. The molecule has 0 aliphatic carbocycles. The Bertz CT molecular complexity index is 737. The van der Waals surface area contributed by atoms with Gasteiger partial charge in [-0.3, -0.25) is 9.45 Å². The standard InChI is InChI=1S/C14H18N2O3S2/c1-9-5-6-11(12(7-9)21(17,18)19)16-10(2)8-14(3,4)15-13(16)20/h5-8H,1-4H3,(H,15,20)(H,17,18,19). The first-order valence-corrected chi connectivity index (χ1v) is 8.26. The summed E-state index contributed by atoms with van der Waals surface area (Å²) in [4.78, 5) is 1.46. The molecule has 0 aromatic heterocycles. The number of hydrogen-bond donors (Lipinski definition) is 2. The molecule has 1 aliphatic rings. The predicted molar refractivity (Wildman–Crippen MR) is 87.0 cm³/mol. The summed E-state index contributed by atoms with van der Waals surface area (Å²) < 4.78 is 32.7. The Labute approximate surface area is 130 Å². The number of aryl methyl sites for hydroxylation is 1. The van der Waals surface area contributed by atoms with Gasteiger partial charge in [-0.25, -0.2) is 0 Å². The Morgan fingerprint density at radius 1 is 1.29 bits per heavy atom. The van der Waals surface area contributed by atoms with Gasteiger partial charge in [-0.05, 0) is 63.7 Å². The lowest BCUT2D eigenvalue weighted by Gasteiger charge is -2.38. The van der Waals surface area contributed by atoms with E-state index in [9.17, 15) is 13.0 Å². The van der Waals surface area contributed by atoms with Crippen LogP contribution in [0.1, 0.15) is 26.3 Å². The molecule has 2 rings (SSSR count). The summed E-state index contributed by atoms with van der Waals surface area (Å²) >= 11 is 5.35. The summed E-state index contributed by atoms with van der Waals surface area (Å²) in [6, 6.07) is 4.85. The van der Waals surface area contributed by atoms with Crippen LogP contribution in [0.3, 0.4) is 0 Å². The normalized spacial score (nSPS) is 18.2. The predicted octanol–water partition coefficient (Wildman–Crippen LogP) is 2.62. The van der Waals surface area contributed by atoms with Crippen LogP contribution in [-0.2, 0) is 10.1 Å². The van der Waals surface area contributed by atoms with E-state index in [1.165, 1.54) is 6.07 Å². The summed E-state index contributed by atoms with van der Waals surface area (Å²) in [6.45, 7) is 7.55. The molecule has 0 spiro atoms. The maximum Gasteiger partial charge on any atom is 0.296 e. The molecule has 114 valence electrons. The SMILES string of the molecule is CC1=CC(C)(C)NC(=S)N1c1ccc(C)cc1S(=O)(=O)O. The maximum atomic E-state index is 11.6. The Hall–Kier alpha value is -1.44. The highest BCUT2D eigenvalue weighted by molar-refractivity contribution is 7.86. The van der Waals surface area contributed by atoms with Gasteiger partial charge in [0.05, 0.1) is 11.2 Å². The number of nitrogens with one attached hydrogen (secondary N) is 1. The van der Waals surface area contributed by atoms with E-state index in [4.69, 9.17) is 12.2 Å². The number of benzene rings is 1. The second kappa shape index (κ2) is 5.08. The van der Waals surface area contributed by atoms with E-state index in [2.05, 4.69) is 5.32 Å². The third-order valence-corrected chi connectivity index (χ3v) is 4.36. The van der Waals surface area contributed by atoms with E-state index in [-0.39, 0.29) is 10.4 Å². The van der Waals surface area contributed by atoms with Crippen LogP contribution in [0.4, 0.5) is 5.69 Å². The van der Waals surface area contributed by atoms with Crippen LogP contribution in [0.2, 0.25) is 0 Å². The van der Waals surface area contributed by atoms with Gasteiger partial charge in [0.25, 0.3) is 10.1 Å². The molecule has 0 unspecified atom stereocenters. The third-order valence-electron chi connectivity index (χ3n) is 3.19. The fraction of sp³-hybridized carbons (Fsp3) is 0.357. The Balaban J connectivity index is 2.65. The molecule has 7 heteroatoms. The minimum absolute atomic E-state index is 0.154. The van der Waals surface area contributed by atoms with Gasteiger partial charge in [0.1, 0.15) is 4.90 Å². The average molecular weight is 326 g/mol. The molecule has 21 heavy (non-hydrogen) atoms. The van der Waals surface area contributed by atoms with Crippen molar-refractivity contribution in [3.8, 4) is 0 Å². The van der Waals surface area contributed by atoms with Crippen molar-refractivity contribution >= 4 is 33.1 Å². The summed E-state index contributed by atoms with van der Waals surface area (Å²) in [5.74, 6) is 0. The van der Waals surface area contributed by atoms with Crippen LogP contribution in [0.5, 0.6) is 0 Å². The third kappa shape index (κ3) is 3.25. The molecule has 2 N–H and O–H groups in total. The minimum Gasteiger partial charge on any atom is -0.354 e. The van der Waals surface area contributed by atoms with Crippen LogP contribution < -0.4 is 10.2 Å². The average Bonchev–Trinajstić information content (AvgIpc) is 2.26. The van der Waals surface area contributed by atoms with Gasteiger partial charge < -0.3 is 5.32 Å². The van der Waals surface area contributed by atoms with Gasteiger partial charge in [-0.15, -0.1) is 0 Å². The molecule has 0 bridgehead atoms. The Morgan fingerprint density at radius 2 is 1.90 bits per heavy atom. The smallest absolute Gasteiger partial charge is 0.296 e. The zero-order chi connectivity index (χ0) is 16.0.